The van der Waals surface area contributed by atoms with E-state index in [1.165, 1.54) is 11.2 Å². The number of carbonyl (C=O) groups is 2. The summed E-state index contributed by atoms with van der Waals surface area (Å²) >= 11 is 0. The van der Waals surface area contributed by atoms with Crippen LogP contribution in [0, 0.1) is 0 Å². The van der Waals surface area contributed by atoms with Gasteiger partial charge in [0.25, 0.3) is 11.7 Å². The van der Waals surface area contributed by atoms with Crippen molar-refractivity contribution in [3.63, 3.8) is 0 Å². The lowest BCUT2D eigenvalue weighted by atomic mass is 9.95. The Morgan fingerprint density at radius 1 is 1.03 bits per heavy atom. The summed E-state index contributed by atoms with van der Waals surface area (Å²) in [4.78, 5) is 27.4. The van der Waals surface area contributed by atoms with Gasteiger partial charge in [0, 0.05) is 5.56 Å². The van der Waals surface area contributed by atoms with Gasteiger partial charge in [-0.25, -0.2) is 0 Å². The molecule has 1 aliphatic heterocycles. The zero-order valence-corrected chi connectivity index (χ0v) is 17.8. The number of aliphatic hydroxyl groups excluding tert-OH is 1. The molecule has 1 fully saturated rings. The summed E-state index contributed by atoms with van der Waals surface area (Å²) in [6.45, 7) is 2.48. The van der Waals surface area contributed by atoms with Gasteiger partial charge in [0.05, 0.1) is 38.1 Å². The molecule has 32 heavy (non-hydrogen) atoms. The maximum absolute atomic E-state index is 13.0. The third-order valence-corrected chi connectivity index (χ3v) is 5.32. The van der Waals surface area contributed by atoms with Gasteiger partial charge in [-0.05, 0) is 61.0 Å². The number of furan rings is 1. The fourth-order valence-electron chi connectivity index (χ4n) is 3.78. The second-order valence-corrected chi connectivity index (χ2v) is 7.24. The van der Waals surface area contributed by atoms with Crippen LogP contribution in [0.3, 0.4) is 0 Å². The molecule has 1 saturated heterocycles. The van der Waals surface area contributed by atoms with Crippen molar-refractivity contribution < 1.29 is 28.6 Å². The van der Waals surface area contributed by atoms with Gasteiger partial charge in [0.15, 0.2) is 0 Å². The van der Waals surface area contributed by atoms with E-state index in [1.54, 1.807) is 67.8 Å². The minimum Gasteiger partial charge on any atom is -0.507 e. The summed E-state index contributed by atoms with van der Waals surface area (Å²) in [7, 11) is 1.56. The van der Waals surface area contributed by atoms with Crippen LogP contribution in [0.15, 0.2) is 76.9 Å². The predicted octanol–water partition coefficient (Wildman–Crippen LogP) is 4.31. The van der Waals surface area contributed by atoms with Crippen LogP contribution in [-0.2, 0) is 16.1 Å². The molecule has 0 bridgehead atoms. The third-order valence-electron chi connectivity index (χ3n) is 5.32. The number of nitrogens with zero attached hydrogens (tertiary/aromatic N) is 1. The number of carbonyl (C=O) groups excluding carboxylic acids is 2. The summed E-state index contributed by atoms with van der Waals surface area (Å²) in [5.41, 5.74) is 1.11. The smallest absolute Gasteiger partial charge is 0.296 e. The van der Waals surface area contributed by atoms with E-state index in [9.17, 15) is 14.7 Å². The molecule has 1 amide bonds. The van der Waals surface area contributed by atoms with Crippen LogP contribution in [0.2, 0.25) is 0 Å². The summed E-state index contributed by atoms with van der Waals surface area (Å²) in [6.07, 6.45) is 1.51. The molecule has 1 N–H and O–H groups in total. The van der Waals surface area contributed by atoms with E-state index in [1.807, 2.05) is 6.92 Å². The highest BCUT2D eigenvalue weighted by molar-refractivity contribution is 6.46. The summed E-state index contributed by atoms with van der Waals surface area (Å²) < 4.78 is 16.1. The van der Waals surface area contributed by atoms with Crippen LogP contribution in [-0.4, -0.2) is 35.4 Å². The topological polar surface area (TPSA) is 89.2 Å². The van der Waals surface area contributed by atoms with Gasteiger partial charge in [-0.15, -0.1) is 0 Å². The number of Topliss-reactive ketones (excluding diaryl/α,β-unsaturated/α-hetero) is 1. The van der Waals surface area contributed by atoms with Crippen molar-refractivity contribution in [1.29, 1.82) is 0 Å². The number of amides is 1. The number of aliphatic hydroxyl groups is 1. The van der Waals surface area contributed by atoms with E-state index in [2.05, 4.69) is 0 Å². The fraction of sp³-hybridized carbons (Fsp3) is 0.200. The van der Waals surface area contributed by atoms with Crippen molar-refractivity contribution in [2.45, 2.75) is 19.5 Å². The number of rotatable bonds is 7. The van der Waals surface area contributed by atoms with Gasteiger partial charge in [-0.1, -0.05) is 12.1 Å². The van der Waals surface area contributed by atoms with Gasteiger partial charge >= 0.3 is 0 Å². The van der Waals surface area contributed by atoms with Crippen LogP contribution in [0.1, 0.15) is 29.9 Å². The van der Waals surface area contributed by atoms with Crippen molar-refractivity contribution in [2.75, 3.05) is 13.7 Å². The molecular weight excluding hydrogens is 410 g/mol. The molecule has 1 unspecified atom stereocenters. The Bertz CT molecular complexity index is 1130. The molecule has 4 rings (SSSR count). The quantitative estimate of drug-likeness (QED) is 0.339. The minimum atomic E-state index is -0.780. The molecule has 1 aliphatic rings. The first kappa shape index (κ1) is 21.2. The Morgan fingerprint density at radius 2 is 1.72 bits per heavy atom. The van der Waals surface area contributed by atoms with Crippen molar-refractivity contribution in [1.82, 2.24) is 4.90 Å². The molecular formula is C25H23NO6. The standard InChI is InChI=1S/C25H23NO6/c1-3-31-19-12-8-17(9-13-19)23(27)21-22(16-6-10-18(30-2)11-7-16)26(25(29)24(21)28)15-20-5-4-14-32-20/h4-14,22,27H,3,15H2,1-2H3. The lowest BCUT2D eigenvalue weighted by Crippen LogP contribution is -2.29. The van der Waals surface area contributed by atoms with Crippen LogP contribution >= 0.6 is 0 Å². The van der Waals surface area contributed by atoms with Gasteiger partial charge in [-0.3, -0.25) is 9.59 Å². The molecule has 2 aromatic carbocycles. The largest absolute Gasteiger partial charge is 0.507 e. The first-order valence-corrected chi connectivity index (χ1v) is 10.2. The van der Waals surface area contributed by atoms with Crippen molar-refractivity contribution in [3.05, 3.63) is 89.4 Å². The Morgan fingerprint density at radius 3 is 2.31 bits per heavy atom. The SMILES string of the molecule is CCOc1ccc(C(O)=C2C(=O)C(=O)N(Cc3ccco3)C2c2ccc(OC)cc2)cc1. The van der Waals surface area contributed by atoms with Crippen molar-refractivity contribution in [3.8, 4) is 11.5 Å². The molecule has 3 aromatic rings. The summed E-state index contributed by atoms with van der Waals surface area (Å²) in [5, 5.41) is 11.1. The third kappa shape index (κ3) is 3.97. The zero-order chi connectivity index (χ0) is 22.7. The predicted molar refractivity (Wildman–Crippen MR) is 117 cm³/mol. The lowest BCUT2D eigenvalue weighted by molar-refractivity contribution is -0.140. The molecule has 0 spiro atoms. The van der Waals surface area contributed by atoms with Crippen LogP contribution < -0.4 is 9.47 Å². The highest BCUT2D eigenvalue weighted by atomic mass is 16.5. The average Bonchev–Trinajstić information content (AvgIpc) is 3.42. The highest BCUT2D eigenvalue weighted by Gasteiger charge is 2.46. The number of hydrogen-bond donors (Lipinski definition) is 1. The first-order valence-electron chi connectivity index (χ1n) is 10.2. The number of ketones is 1. The Labute approximate surface area is 185 Å². The summed E-state index contributed by atoms with van der Waals surface area (Å²) in [5.74, 6) is 0.136. The van der Waals surface area contributed by atoms with Gasteiger partial charge < -0.3 is 23.9 Å². The molecule has 0 saturated carbocycles. The van der Waals surface area contributed by atoms with Gasteiger partial charge in [0.2, 0.25) is 0 Å². The monoisotopic (exact) mass is 433 g/mol. The number of hydrogen-bond acceptors (Lipinski definition) is 6. The van der Waals surface area contributed by atoms with Crippen LogP contribution in [0.25, 0.3) is 5.76 Å². The number of ether oxygens (including phenoxy) is 2. The Hall–Kier alpha value is -4.00. The lowest BCUT2D eigenvalue weighted by Gasteiger charge is -2.24. The second-order valence-electron chi connectivity index (χ2n) is 7.24. The van der Waals surface area contributed by atoms with E-state index in [4.69, 9.17) is 13.9 Å². The Kier molecular flexibility index (Phi) is 5.98. The number of likely N-dealkylation sites (tertiary alicyclic amines) is 1. The normalized spacial score (nSPS) is 17.6. The maximum Gasteiger partial charge on any atom is 0.296 e. The van der Waals surface area contributed by atoms with Crippen molar-refractivity contribution in [2.24, 2.45) is 0 Å². The van der Waals surface area contributed by atoms with E-state index in [-0.39, 0.29) is 17.9 Å². The molecule has 7 heteroatoms. The van der Waals surface area contributed by atoms with E-state index in [0.717, 1.165) is 0 Å². The molecule has 7 nitrogen and oxygen atoms in total. The fourth-order valence-corrected chi connectivity index (χ4v) is 3.78. The Balaban J connectivity index is 1.80. The average molecular weight is 433 g/mol. The molecule has 1 atom stereocenters. The maximum atomic E-state index is 13.0. The molecule has 164 valence electrons. The van der Waals surface area contributed by atoms with Gasteiger partial charge in [0.1, 0.15) is 23.0 Å². The van der Waals surface area contributed by atoms with E-state index >= 15 is 0 Å². The number of benzene rings is 2. The van der Waals surface area contributed by atoms with E-state index in [0.29, 0.717) is 35.0 Å². The highest BCUT2D eigenvalue weighted by Crippen LogP contribution is 2.40. The van der Waals surface area contributed by atoms with Crippen LogP contribution in [0.5, 0.6) is 11.5 Å². The second kappa shape index (κ2) is 9.01. The van der Waals surface area contributed by atoms with Crippen LogP contribution in [0.4, 0.5) is 0 Å². The van der Waals surface area contributed by atoms with Gasteiger partial charge in [-0.2, -0.15) is 0 Å². The molecule has 0 radical (unpaired) electrons. The number of methoxy groups -OCH3 is 1. The van der Waals surface area contributed by atoms with Crippen molar-refractivity contribution >= 4 is 17.4 Å². The summed E-state index contributed by atoms with van der Waals surface area (Å²) in [6, 6.07) is 16.4. The molecule has 0 aliphatic carbocycles. The molecule has 2 heterocycles. The zero-order valence-electron chi connectivity index (χ0n) is 17.8. The minimum absolute atomic E-state index is 0.0240. The van der Waals surface area contributed by atoms with E-state index < -0.39 is 17.7 Å². The molecule has 1 aromatic heterocycles. The first-order chi connectivity index (χ1) is 15.5.